The third-order valence-electron chi connectivity index (χ3n) is 2.73. The van der Waals surface area contributed by atoms with E-state index >= 15 is 0 Å². The van der Waals surface area contributed by atoms with Gasteiger partial charge in [-0.1, -0.05) is 11.2 Å². The third-order valence-corrected chi connectivity index (χ3v) is 3.41. The normalized spacial score (nSPS) is 10.6. The van der Waals surface area contributed by atoms with Gasteiger partial charge in [-0.15, -0.1) is 5.10 Å². The van der Waals surface area contributed by atoms with E-state index in [1.165, 1.54) is 0 Å². The molecule has 0 aliphatic heterocycles. The molecule has 0 saturated heterocycles. The summed E-state index contributed by atoms with van der Waals surface area (Å²) in [5.74, 6) is 1.02. The van der Waals surface area contributed by atoms with Crippen LogP contribution in [0.3, 0.4) is 0 Å². The quantitative estimate of drug-likeness (QED) is 0.793. The molecule has 2 aromatic heterocycles. The average Bonchev–Trinajstić information content (AvgIpc) is 3.09. The maximum atomic E-state index is 5.46. The molecule has 96 valence electrons. The lowest BCUT2D eigenvalue weighted by Gasteiger charge is -2.07. The van der Waals surface area contributed by atoms with E-state index in [-0.39, 0.29) is 6.01 Å². The summed E-state index contributed by atoms with van der Waals surface area (Å²) in [7, 11) is 1.60. The monoisotopic (exact) mass is 273 g/mol. The van der Waals surface area contributed by atoms with Crippen molar-refractivity contribution in [2.75, 3.05) is 12.8 Å². The van der Waals surface area contributed by atoms with Crippen molar-refractivity contribution >= 4 is 17.4 Å². The van der Waals surface area contributed by atoms with Crippen LogP contribution in [-0.2, 0) is 0 Å². The van der Waals surface area contributed by atoms with Crippen LogP contribution in [0.2, 0.25) is 0 Å². The SMILES string of the molecule is COc1ccc(-c2ccsc2)cc1-c1nnc(N)o1. The molecule has 0 aliphatic rings. The van der Waals surface area contributed by atoms with Crippen molar-refractivity contribution in [3.05, 3.63) is 35.0 Å². The second kappa shape index (κ2) is 4.74. The maximum Gasteiger partial charge on any atom is 0.313 e. The van der Waals surface area contributed by atoms with Crippen LogP contribution in [0.25, 0.3) is 22.6 Å². The van der Waals surface area contributed by atoms with Gasteiger partial charge < -0.3 is 14.9 Å². The number of anilines is 1. The minimum absolute atomic E-state index is 0.0398. The van der Waals surface area contributed by atoms with E-state index in [2.05, 4.69) is 21.6 Å². The van der Waals surface area contributed by atoms with Crippen LogP contribution in [0, 0.1) is 0 Å². The Balaban J connectivity index is 2.13. The predicted molar refractivity (Wildman–Crippen MR) is 74.0 cm³/mol. The third kappa shape index (κ3) is 2.17. The molecule has 0 unspecified atom stereocenters. The molecule has 1 aromatic carbocycles. The van der Waals surface area contributed by atoms with Gasteiger partial charge in [0.15, 0.2) is 0 Å². The minimum atomic E-state index is 0.0398. The van der Waals surface area contributed by atoms with E-state index in [0.29, 0.717) is 11.6 Å². The number of nitrogen functional groups attached to an aromatic ring is 1. The number of nitrogens with two attached hydrogens (primary N) is 1. The number of aromatic nitrogens is 2. The second-order valence-electron chi connectivity index (χ2n) is 3.87. The number of ether oxygens (including phenoxy) is 1. The van der Waals surface area contributed by atoms with Crippen LogP contribution in [-0.4, -0.2) is 17.3 Å². The van der Waals surface area contributed by atoms with Gasteiger partial charge in [-0.25, -0.2) is 0 Å². The Morgan fingerprint density at radius 1 is 1.21 bits per heavy atom. The molecule has 0 saturated carbocycles. The molecule has 0 bridgehead atoms. The standard InChI is InChI=1S/C13H11N3O2S/c1-17-11-3-2-8(9-4-5-19-7-9)6-10(11)12-15-16-13(14)18-12/h2-7H,1H3,(H2,14,16). The van der Waals surface area contributed by atoms with Gasteiger partial charge in [0.2, 0.25) is 0 Å². The Morgan fingerprint density at radius 2 is 2.11 bits per heavy atom. The lowest BCUT2D eigenvalue weighted by molar-refractivity contribution is 0.414. The van der Waals surface area contributed by atoms with Crippen LogP contribution in [0.5, 0.6) is 5.75 Å². The smallest absolute Gasteiger partial charge is 0.313 e. The van der Waals surface area contributed by atoms with Gasteiger partial charge >= 0.3 is 6.01 Å². The molecule has 6 heteroatoms. The summed E-state index contributed by atoms with van der Waals surface area (Å²) in [5.41, 5.74) is 8.40. The molecular weight excluding hydrogens is 262 g/mol. The molecule has 3 aromatic rings. The molecule has 0 amide bonds. The number of rotatable bonds is 3. The molecule has 0 radical (unpaired) electrons. The molecule has 3 rings (SSSR count). The lowest BCUT2D eigenvalue weighted by Crippen LogP contribution is -1.89. The predicted octanol–water partition coefficient (Wildman–Crippen LogP) is 3.06. The second-order valence-corrected chi connectivity index (χ2v) is 4.65. The fourth-order valence-corrected chi connectivity index (χ4v) is 2.49. The summed E-state index contributed by atoms with van der Waals surface area (Å²) >= 11 is 1.65. The Hall–Kier alpha value is -2.34. The summed E-state index contributed by atoms with van der Waals surface area (Å²) in [5, 5.41) is 11.7. The van der Waals surface area contributed by atoms with Crippen LogP contribution in [0.4, 0.5) is 6.01 Å². The van der Waals surface area contributed by atoms with E-state index in [4.69, 9.17) is 14.9 Å². The highest BCUT2D eigenvalue weighted by Crippen LogP contribution is 2.34. The number of methoxy groups -OCH3 is 1. The van der Waals surface area contributed by atoms with E-state index in [0.717, 1.165) is 16.7 Å². The number of hydrogen-bond donors (Lipinski definition) is 1. The molecule has 0 fully saturated rings. The topological polar surface area (TPSA) is 74.2 Å². The van der Waals surface area contributed by atoms with Gasteiger partial charge in [-0.3, -0.25) is 0 Å². The fraction of sp³-hybridized carbons (Fsp3) is 0.0769. The van der Waals surface area contributed by atoms with E-state index in [1.54, 1.807) is 18.4 Å². The Bertz CT molecular complexity index is 692. The molecular formula is C13H11N3O2S. The fourth-order valence-electron chi connectivity index (χ4n) is 1.83. The van der Waals surface area contributed by atoms with Gasteiger partial charge in [0.25, 0.3) is 5.89 Å². The van der Waals surface area contributed by atoms with Crippen LogP contribution < -0.4 is 10.5 Å². The molecule has 0 spiro atoms. The van der Waals surface area contributed by atoms with Crippen LogP contribution in [0.1, 0.15) is 0 Å². The zero-order valence-electron chi connectivity index (χ0n) is 10.2. The number of hydrogen-bond acceptors (Lipinski definition) is 6. The molecule has 2 heterocycles. The Morgan fingerprint density at radius 3 is 2.74 bits per heavy atom. The highest BCUT2D eigenvalue weighted by atomic mass is 32.1. The van der Waals surface area contributed by atoms with Crippen molar-refractivity contribution in [2.24, 2.45) is 0 Å². The van der Waals surface area contributed by atoms with E-state index < -0.39 is 0 Å². The van der Waals surface area contributed by atoms with Crippen LogP contribution in [0.15, 0.2) is 39.4 Å². The first-order chi connectivity index (χ1) is 9.28. The van der Waals surface area contributed by atoms with Gasteiger partial charge in [-0.05, 0) is 40.1 Å². The number of nitrogens with zero attached hydrogens (tertiary/aromatic N) is 2. The molecule has 0 atom stereocenters. The molecule has 2 N–H and O–H groups in total. The average molecular weight is 273 g/mol. The van der Waals surface area contributed by atoms with Crippen LogP contribution >= 0.6 is 11.3 Å². The van der Waals surface area contributed by atoms with Gasteiger partial charge in [0.05, 0.1) is 12.7 Å². The minimum Gasteiger partial charge on any atom is -0.496 e. The summed E-state index contributed by atoms with van der Waals surface area (Å²) < 4.78 is 10.6. The highest BCUT2D eigenvalue weighted by Gasteiger charge is 2.14. The van der Waals surface area contributed by atoms with Gasteiger partial charge in [0.1, 0.15) is 5.75 Å². The zero-order chi connectivity index (χ0) is 13.2. The maximum absolute atomic E-state index is 5.46. The first-order valence-corrected chi connectivity index (χ1v) is 6.52. The van der Waals surface area contributed by atoms with Crippen molar-refractivity contribution in [1.29, 1.82) is 0 Å². The van der Waals surface area contributed by atoms with Crippen molar-refractivity contribution in [3.63, 3.8) is 0 Å². The Kier molecular flexibility index (Phi) is 2.92. The largest absolute Gasteiger partial charge is 0.496 e. The zero-order valence-corrected chi connectivity index (χ0v) is 11.0. The molecule has 0 aliphatic carbocycles. The first kappa shape index (κ1) is 11.7. The van der Waals surface area contributed by atoms with Crippen molar-refractivity contribution in [3.8, 4) is 28.3 Å². The van der Waals surface area contributed by atoms with Crippen molar-refractivity contribution in [1.82, 2.24) is 10.2 Å². The first-order valence-electron chi connectivity index (χ1n) is 5.58. The number of benzene rings is 1. The Labute approximate surface area is 113 Å². The summed E-state index contributed by atoms with van der Waals surface area (Å²) in [6, 6.07) is 7.91. The lowest BCUT2D eigenvalue weighted by atomic mass is 10.1. The van der Waals surface area contributed by atoms with E-state index in [1.807, 2.05) is 23.6 Å². The summed E-state index contributed by atoms with van der Waals surface area (Å²) in [6.07, 6.45) is 0. The summed E-state index contributed by atoms with van der Waals surface area (Å²) in [6.45, 7) is 0. The van der Waals surface area contributed by atoms with E-state index in [9.17, 15) is 0 Å². The summed E-state index contributed by atoms with van der Waals surface area (Å²) in [4.78, 5) is 0. The number of thiophene rings is 1. The molecule has 5 nitrogen and oxygen atoms in total. The van der Waals surface area contributed by atoms with Crippen molar-refractivity contribution in [2.45, 2.75) is 0 Å². The van der Waals surface area contributed by atoms with Gasteiger partial charge in [0, 0.05) is 0 Å². The van der Waals surface area contributed by atoms with Crippen molar-refractivity contribution < 1.29 is 9.15 Å². The highest BCUT2D eigenvalue weighted by molar-refractivity contribution is 7.08. The molecule has 19 heavy (non-hydrogen) atoms. The van der Waals surface area contributed by atoms with Gasteiger partial charge in [-0.2, -0.15) is 11.3 Å².